The van der Waals surface area contributed by atoms with Gasteiger partial charge in [-0.05, 0) is 58.1 Å². The van der Waals surface area contributed by atoms with Crippen molar-refractivity contribution in [2.75, 3.05) is 26.4 Å². The zero-order valence-corrected chi connectivity index (χ0v) is 20.2. The Morgan fingerprint density at radius 3 is 2.77 bits per heavy atom. The first-order valence-corrected chi connectivity index (χ1v) is 11.8. The first-order valence-electron chi connectivity index (χ1n) is 11.8. The number of benzene rings is 1. The number of carbonyl (C=O) groups excluding carboxylic acids is 2. The highest BCUT2D eigenvalue weighted by Crippen LogP contribution is 2.37. The number of morpholine rings is 1. The summed E-state index contributed by atoms with van der Waals surface area (Å²) in [7, 11) is 0. The van der Waals surface area contributed by atoms with Crippen molar-refractivity contribution in [3.05, 3.63) is 35.4 Å². The molecule has 2 heterocycles. The van der Waals surface area contributed by atoms with E-state index < -0.39 is 40.7 Å². The number of ether oxygens (including phenoxy) is 3. The van der Waals surface area contributed by atoms with E-state index in [-0.39, 0.29) is 37.4 Å². The van der Waals surface area contributed by atoms with Crippen molar-refractivity contribution in [3.63, 3.8) is 0 Å². The maximum absolute atomic E-state index is 13.7. The number of halogens is 2. The van der Waals surface area contributed by atoms with E-state index in [0.717, 1.165) is 6.07 Å². The number of amides is 2. The zero-order chi connectivity index (χ0) is 25.4. The molecule has 4 rings (SSSR count). The Labute approximate surface area is 203 Å². The standard InChI is InChI=1S/C25H32F2N2O6/c1-24(2,3)35-23(32)29-9-8-25(14-33-13-21(30)28-25)20(29)12-34-17-6-4-15(5-7-17)18-10-16(26)11-19(27)22(18)31/h4,10-11,17,20,31H,5-9,12-14H2,1-3H3,(H,28,30)/t17-,20-,25+/m0/s1. The highest BCUT2D eigenvalue weighted by Gasteiger charge is 2.53. The van der Waals surface area contributed by atoms with Gasteiger partial charge in [-0.15, -0.1) is 0 Å². The first kappa shape index (κ1) is 25.4. The van der Waals surface area contributed by atoms with E-state index in [2.05, 4.69) is 5.32 Å². The molecule has 0 unspecified atom stereocenters. The van der Waals surface area contributed by atoms with E-state index in [1.807, 2.05) is 6.08 Å². The van der Waals surface area contributed by atoms with Crippen molar-refractivity contribution in [2.24, 2.45) is 0 Å². The second-order valence-corrected chi connectivity index (χ2v) is 10.4. The second kappa shape index (κ2) is 9.73. The lowest BCUT2D eigenvalue weighted by atomic mass is 9.89. The van der Waals surface area contributed by atoms with E-state index in [0.29, 0.717) is 43.9 Å². The number of phenolic OH excluding ortho intramolecular Hbond substituents is 1. The normalized spacial score (nSPS) is 27.1. The Kier molecular flexibility index (Phi) is 7.06. The van der Waals surface area contributed by atoms with Crippen LogP contribution in [-0.4, -0.2) is 71.7 Å². The topological polar surface area (TPSA) is 97.3 Å². The van der Waals surface area contributed by atoms with E-state index in [4.69, 9.17) is 14.2 Å². The van der Waals surface area contributed by atoms with Gasteiger partial charge in [-0.25, -0.2) is 13.6 Å². The molecule has 2 aliphatic heterocycles. The molecule has 2 N–H and O–H groups in total. The highest BCUT2D eigenvalue weighted by molar-refractivity contribution is 5.79. The second-order valence-electron chi connectivity index (χ2n) is 10.4. The number of aromatic hydroxyl groups is 1. The molecule has 1 aliphatic carbocycles. The summed E-state index contributed by atoms with van der Waals surface area (Å²) in [5.41, 5.74) is -0.626. The smallest absolute Gasteiger partial charge is 0.410 e. The monoisotopic (exact) mass is 494 g/mol. The van der Waals surface area contributed by atoms with Crippen LogP contribution in [0.25, 0.3) is 5.57 Å². The molecule has 0 saturated carbocycles. The Hall–Kier alpha value is -2.72. The first-order chi connectivity index (χ1) is 16.5. The lowest BCUT2D eigenvalue weighted by molar-refractivity contribution is -0.137. The van der Waals surface area contributed by atoms with Gasteiger partial charge in [0.1, 0.15) is 18.0 Å². The number of rotatable bonds is 4. The van der Waals surface area contributed by atoms with Gasteiger partial charge in [0, 0.05) is 18.2 Å². The molecule has 1 aromatic carbocycles. The van der Waals surface area contributed by atoms with Gasteiger partial charge in [-0.2, -0.15) is 0 Å². The van der Waals surface area contributed by atoms with Crippen LogP contribution in [-0.2, 0) is 19.0 Å². The fourth-order valence-electron chi connectivity index (χ4n) is 4.96. The largest absolute Gasteiger partial charge is 0.504 e. The SMILES string of the molecule is CC(C)(C)OC(=O)N1CC[C@@]2(COCC(=O)N2)[C@@H]1CO[C@H]1CC=C(c2cc(F)cc(F)c2O)CC1. The number of hydrogen-bond donors (Lipinski definition) is 2. The van der Waals surface area contributed by atoms with E-state index in [9.17, 15) is 23.5 Å². The minimum atomic E-state index is -0.996. The molecule has 3 atom stereocenters. The summed E-state index contributed by atoms with van der Waals surface area (Å²) in [6, 6.07) is 1.29. The van der Waals surface area contributed by atoms with Crippen LogP contribution in [0.4, 0.5) is 13.6 Å². The lowest BCUT2D eigenvalue weighted by Gasteiger charge is -2.41. The van der Waals surface area contributed by atoms with Gasteiger partial charge in [0.05, 0.1) is 30.9 Å². The Morgan fingerprint density at radius 1 is 1.34 bits per heavy atom. The molecule has 2 fully saturated rings. The molecule has 8 nitrogen and oxygen atoms in total. The van der Waals surface area contributed by atoms with Crippen LogP contribution in [0.1, 0.15) is 52.0 Å². The minimum absolute atomic E-state index is 0.0223. The Bertz CT molecular complexity index is 1020. The summed E-state index contributed by atoms with van der Waals surface area (Å²) in [6.45, 7) is 6.19. The van der Waals surface area contributed by atoms with E-state index in [1.165, 1.54) is 0 Å². The number of hydrogen-bond acceptors (Lipinski definition) is 6. The van der Waals surface area contributed by atoms with Crippen LogP contribution in [0.3, 0.4) is 0 Å². The summed E-state index contributed by atoms with van der Waals surface area (Å²) in [5, 5.41) is 13.0. The predicted molar refractivity (Wildman–Crippen MR) is 123 cm³/mol. The number of nitrogens with zero attached hydrogens (tertiary/aromatic N) is 1. The third kappa shape index (κ3) is 5.59. The maximum Gasteiger partial charge on any atom is 0.410 e. The number of allylic oxidation sites excluding steroid dienone is 1. The van der Waals surface area contributed by atoms with Crippen LogP contribution in [0.5, 0.6) is 5.75 Å². The fraction of sp³-hybridized carbons (Fsp3) is 0.600. The van der Waals surface area contributed by atoms with Gasteiger partial charge >= 0.3 is 6.09 Å². The number of phenols is 1. The van der Waals surface area contributed by atoms with Crippen LogP contribution < -0.4 is 5.32 Å². The van der Waals surface area contributed by atoms with Crippen molar-refractivity contribution in [1.82, 2.24) is 10.2 Å². The minimum Gasteiger partial charge on any atom is -0.504 e. The Balaban J connectivity index is 1.46. The van der Waals surface area contributed by atoms with Gasteiger partial charge in [0.15, 0.2) is 11.6 Å². The Morgan fingerprint density at radius 2 is 2.11 bits per heavy atom. The van der Waals surface area contributed by atoms with Crippen molar-refractivity contribution < 1.29 is 37.7 Å². The number of nitrogens with one attached hydrogen (secondary N) is 1. The van der Waals surface area contributed by atoms with Crippen molar-refractivity contribution in [1.29, 1.82) is 0 Å². The van der Waals surface area contributed by atoms with Gasteiger partial charge in [-0.3, -0.25) is 4.79 Å². The molecule has 10 heteroatoms. The summed E-state index contributed by atoms with van der Waals surface area (Å²) in [4.78, 5) is 26.6. The molecule has 1 aromatic rings. The molecule has 1 spiro atoms. The number of likely N-dealkylation sites (tertiary alicyclic amines) is 1. The zero-order valence-electron chi connectivity index (χ0n) is 20.2. The predicted octanol–water partition coefficient (Wildman–Crippen LogP) is 3.52. The third-order valence-corrected chi connectivity index (χ3v) is 6.65. The quantitative estimate of drug-likeness (QED) is 0.665. The van der Waals surface area contributed by atoms with Crippen molar-refractivity contribution in [3.8, 4) is 5.75 Å². The summed E-state index contributed by atoms with van der Waals surface area (Å²) < 4.78 is 44.7. The summed E-state index contributed by atoms with van der Waals surface area (Å²) >= 11 is 0. The summed E-state index contributed by atoms with van der Waals surface area (Å²) in [5.74, 6) is -2.55. The average Bonchev–Trinajstić information content (AvgIpc) is 3.11. The highest BCUT2D eigenvalue weighted by atomic mass is 19.1. The van der Waals surface area contributed by atoms with E-state index in [1.54, 1.807) is 25.7 Å². The lowest BCUT2D eigenvalue weighted by Crippen LogP contribution is -2.65. The van der Waals surface area contributed by atoms with Crippen molar-refractivity contribution >= 4 is 17.6 Å². The molecular weight excluding hydrogens is 462 g/mol. The molecule has 0 radical (unpaired) electrons. The molecule has 192 valence electrons. The van der Waals surface area contributed by atoms with Gasteiger partial charge in [0.25, 0.3) is 0 Å². The maximum atomic E-state index is 13.7. The van der Waals surface area contributed by atoms with Crippen LogP contribution in [0.15, 0.2) is 18.2 Å². The van der Waals surface area contributed by atoms with Gasteiger partial charge < -0.3 is 29.5 Å². The van der Waals surface area contributed by atoms with Crippen LogP contribution in [0.2, 0.25) is 0 Å². The van der Waals surface area contributed by atoms with Crippen LogP contribution in [0, 0.1) is 11.6 Å². The summed E-state index contributed by atoms with van der Waals surface area (Å²) in [6.07, 6.45) is 3.16. The van der Waals surface area contributed by atoms with Crippen molar-refractivity contribution in [2.45, 2.75) is 69.7 Å². The average molecular weight is 495 g/mol. The fourth-order valence-corrected chi connectivity index (χ4v) is 4.96. The number of carbonyl (C=O) groups is 2. The van der Waals surface area contributed by atoms with Gasteiger partial charge in [-0.1, -0.05) is 6.08 Å². The molecule has 35 heavy (non-hydrogen) atoms. The van der Waals surface area contributed by atoms with E-state index >= 15 is 0 Å². The van der Waals surface area contributed by atoms with Gasteiger partial charge in [0.2, 0.25) is 5.91 Å². The third-order valence-electron chi connectivity index (χ3n) is 6.65. The molecule has 2 amide bonds. The molecule has 3 aliphatic rings. The molecule has 0 aromatic heterocycles. The molecular formula is C25H32F2N2O6. The van der Waals surface area contributed by atoms with Crippen LogP contribution >= 0.6 is 0 Å². The molecule has 0 bridgehead atoms. The molecule has 2 saturated heterocycles.